The van der Waals surface area contributed by atoms with E-state index in [0.29, 0.717) is 6.04 Å². The number of anilines is 1. The normalized spacial score (nSPS) is 15.3. The molecule has 0 unspecified atom stereocenters. The fourth-order valence-electron chi connectivity index (χ4n) is 3.31. The van der Waals surface area contributed by atoms with Crippen LogP contribution in [0.5, 0.6) is 0 Å². The fraction of sp³-hybridized carbons (Fsp3) is 0.286. The van der Waals surface area contributed by atoms with E-state index in [2.05, 4.69) is 10.2 Å². The lowest BCUT2D eigenvalue weighted by atomic mass is 10.0. The van der Waals surface area contributed by atoms with Gasteiger partial charge in [0.25, 0.3) is 5.91 Å². The molecule has 1 heterocycles. The summed E-state index contributed by atoms with van der Waals surface area (Å²) in [7, 11) is 0. The number of nitrogens with zero attached hydrogens (tertiary/aromatic N) is 1. The maximum absolute atomic E-state index is 13.0. The minimum Gasteiger partial charge on any atom is -0.371 e. The number of carbonyl (C=O) groups is 1. The van der Waals surface area contributed by atoms with Crippen molar-refractivity contribution in [2.75, 3.05) is 18.0 Å². The third kappa shape index (κ3) is 5.39. The lowest BCUT2D eigenvalue weighted by Gasteiger charge is -2.35. The van der Waals surface area contributed by atoms with Crippen LogP contribution in [0.4, 0.5) is 10.1 Å². The molecule has 1 aliphatic rings. The minimum atomic E-state index is -0.548. The van der Waals surface area contributed by atoms with E-state index in [1.807, 2.05) is 36.4 Å². The van der Waals surface area contributed by atoms with Crippen molar-refractivity contribution >= 4 is 17.7 Å². The Morgan fingerprint density at radius 1 is 1.15 bits per heavy atom. The first-order chi connectivity index (χ1) is 13.2. The van der Waals surface area contributed by atoms with Crippen LogP contribution >= 0.6 is 0 Å². The predicted molar refractivity (Wildman–Crippen MR) is 104 cm³/mol. The van der Waals surface area contributed by atoms with Crippen LogP contribution in [0.2, 0.25) is 0 Å². The summed E-state index contributed by atoms with van der Waals surface area (Å²) in [5, 5.41) is 12.2. The SMILES string of the molecule is O=C(/C=C/c1ccccc1N1CCC(NCc2ccc(F)cc2)CC1)NO. The van der Waals surface area contributed by atoms with Gasteiger partial charge in [0.15, 0.2) is 0 Å². The van der Waals surface area contributed by atoms with Crippen molar-refractivity contribution < 1.29 is 14.4 Å². The smallest absolute Gasteiger partial charge is 0.267 e. The van der Waals surface area contributed by atoms with E-state index in [1.54, 1.807) is 11.6 Å². The van der Waals surface area contributed by atoms with E-state index < -0.39 is 5.91 Å². The molecular weight excluding hydrogens is 345 g/mol. The molecule has 1 amide bonds. The highest BCUT2D eigenvalue weighted by atomic mass is 19.1. The van der Waals surface area contributed by atoms with Crippen molar-refractivity contribution in [2.45, 2.75) is 25.4 Å². The number of rotatable bonds is 6. The van der Waals surface area contributed by atoms with E-state index in [-0.39, 0.29) is 5.82 Å². The monoisotopic (exact) mass is 369 g/mol. The van der Waals surface area contributed by atoms with Gasteiger partial charge in [-0.15, -0.1) is 0 Å². The Morgan fingerprint density at radius 3 is 2.56 bits per heavy atom. The number of para-hydroxylation sites is 1. The lowest BCUT2D eigenvalue weighted by Crippen LogP contribution is -2.42. The quantitative estimate of drug-likeness (QED) is 0.416. The molecule has 1 aliphatic heterocycles. The second-order valence-electron chi connectivity index (χ2n) is 6.64. The van der Waals surface area contributed by atoms with Gasteiger partial charge in [0, 0.05) is 37.4 Å². The number of halogens is 1. The van der Waals surface area contributed by atoms with Crippen molar-refractivity contribution in [3.63, 3.8) is 0 Å². The first-order valence-corrected chi connectivity index (χ1v) is 9.09. The average Bonchev–Trinajstić information content (AvgIpc) is 2.72. The number of hydrogen-bond acceptors (Lipinski definition) is 4. The number of carbonyl (C=O) groups excluding carboxylic acids is 1. The summed E-state index contributed by atoms with van der Waals surface area (Å²) in [6.07, 6.45) is 5.04. The molecule has 0 bridgehead atoms. The summed E-state index contributed by atoms with van der Waals surface area (Å²) in [5.41, 5.74) is 4.71. The molecule has 0 aromatic heterocycles. The highest BCUT2D eigenvalue weighted by Gasteiger charge is 2.20. The maximum Gasteiger partial charge on any atom is 0.267 e. The zero-order chi connectivity index (χ0) is 19.1. The van der Waals surface area contributed by atoms with Crippen molar-refractivity contribution in [2.24, 2.45) is 0 Å². The van der Waals surface area contributed by atoms with E-state index in [9.17, 15) is 9.18 Å². The summed E-state index contributed by atoms with van der Waals surface area (Å²) >= 11 is 0. The molecule has 0 saturated carbocycles. The molecule has 3 rings (SSSR count). The summed E-state index contributed by atoms with van der Waals surface area (Å²) in [5.74, 6) is -0.759. The summed E-state index contributed by atoms with van der Waals surface area (Å²) < 4.78 is 13.0. The maximum atomic E-state index is 13.0. The van der Waals surface area contributed by atoms with Crippen molar-refractivity contribution in [3.05, 3.63) is 71.6 Å². The Bertz CT molecular complexity index is 784. The third-order valence-corrected chi connectivity index (χ3v) is 4.80. The Labute approximate surface area is 158 Å². The zero-order valence-electron chi connectivity index (χ0n) is 15.1. The number of hydrogen-bond donors (Lipinski definition) is 3. The van der Waals surface area contributed by atoms with Crippen LogP contribution < -0.4 is 15.7 Å². The van der Waals surface area contributed by atoms with Gasteiger partial charge < -0.3 is 10.2 Å². The van der Waals surface area contributed by atoms with Crippen LogP contribution in [0.25, 0.3) is 6.08 Å². The third-order valence-electron chi connectivity index (χ3n) is 4.80. The summed E-state index contributed by atoms with van der Waals surface area (Å²) in [4.78, 5) is 13.5. The Balaban J connectivity index is 1.55. The van der Waals surface area contributed by atoms with E-state index >= 15 is 0 Å². The van der Waals surface area contributed by atoms with Gasteiger partial charge in [-0.1, -0.05) is 30.3 Å². The van der Waals surface area contributed by atoms with Gasteiger partial charge in [0.1, 0.15) is 5.82 Å². The second kappa shape index (κ2) is 9.30. The van der Waals surface area contributed by atoms with Gasteiger partial charge in [-0.2, -0.15) is 0 Å². The Kier molecular flexibility index (Phi) is 6.57. The molecule has 0 radical (unpaired) electrons. The molecule has 0 atom stereocenters. The number of amides is 1. The zero-order valence-corrected chi connectivity index (χ0v) is 15.1. The first-order valence-electron chi connectivity index (χ1n) is 9.09. The highest BCUT2D eigenvalue weighted by molar-refractivity contribution is 5.91. The first kappa shape index (κ1) is 19.1. The van der Waals surface area contributed by atoms with Gasteiger partial charge in [0.05, 0.1) is 0 Å². The molecule has 5 nitrogen and oxygen atoms in total. The van der Waals surface area contributed by atoms with E-state index in [1.165, 1.54) is 18.2 Å². The fourth-order valence-corrected chi connectivity index (χ4v) is 3.31. The van der Waals surface area contributed by atoms with Crippen LogP contribution in [0.15, 0.2) is 54.6 Å². The van der Waals surface area contributed by atoms with Gasteiger partial charge in [-0.3, -0.25) is 10.0 Å². The lowest BCUT2D eigenvalue weighted by molar-refractivity contribution is -0.124. The molecule has 1 fully saturated rings. The molecular formula is C21H24FN3O2. The van der Waals surface area contributed by atoms with Crippen LogP contribution in [-0.2, 0) is 11.3 Å². The van der Waals surface area contributed by atoms with Crippen molar-refractivity contribution in [1.29, 1.82) is 0 Å². The summed E-state index contributed by atoms with van der Waals surface area (Å²) in [6.45, 7) is 2.57. The van der Waals surface area contributed by atoms with Gasteiger partial charge >= 0.3 is 0 Å². The topological polar surface area (TPSA) is 64.6 Å². The van der Waals surface area contributed by atoms with E-state index in [4.69, 9.17) is 5.21 Å². The molecule has 142 valence electrons. The number of nitrogens with one attached hydrogen (secondary N) is 2. The summed E-state index contributed by atoms with van der Waals surface area (Å²) in [6, 6.07) is 14.9. The standard InChI is InChI=1S/C21H24FN3O2/c22-18-8-5-16(6-9-18)15-23-19-11-13-25(14-12-19)20-4-2-1-3-17(20)7-10-21(26)24-27/h1-10,19,23,27H,11-15H2,(H,24,26)/b10-7+. The predicted octanol–water partition coefficient (Wildman–Crippen LogP) is 3.10. The Hall–Kier alpha value is -2.70. The largest absolute Gasteiger partial charge is 0.371 e. The minimum absolute atomic E-state index is 0.212. The molecule has 6 heteroatoms. The molecule has 2 aromatic carbocycles. The molecule has 27 heavy (non-hydrogen) atoms. The molecule has 0 spiro atoms. The molecule has 3 N–H and O–H groups in total. The van der Waals surface area contributed by atoms with Gasteiger partial charge in [0.2, 0.25) is 0 Å². The van der Waals surface area contributed by atoms with E-state index in [0.717, 1.165) is 49.3 Å². The van der Waals surface area contributed by atoms with Crippen molar-refractivity contribution in [1.82, 2.24) is 10.8 Å². The molecule has 1 saturated heterocycles. The van der Waals surface area contributed by atoms with Crippen molar-refractivity contribution in [3.8, 4) is 0 Å². The van der Waals surface area contributed by atoms with Crippen LogP contribution in [-0.4, -0.2) is 30.2 Å². The van der Waals surface area contributed by atoms with Crippen LogP contribution in [0.3, 0.4) is 0 Å². The molecule has 0 aliphatic carbocycles. The average molecular weight is 369 g/mol. The number of hydroxylamine groups is 1. The second-order valence-corrected chi connectivity index (χ2v) is 6.64. The number of benzene rings is 2. The van der Waals surface area contributed by atoms with Gasteiger partial charge in [-0.05, 0) is 48.2 Å². The van der Waals surface area contributed by atoms with Crippen LogP contribution in [0, 0.1) is 5.82 Å². The van der Waals surface area contributed by atoms with Crippen LogP contribution in [0.1, 0.15) is 24.0 Å². The Morgan fingerprint density at radius 2 is 1.85 bits per heavy atom. The molecule has 2 aromatic rings. The highest BCUT2D eigenvalue weighted by Crippen LogP contribution is 2.25. The van der Waals surface area contributed by atoms with Gasteiger partial charge in [-0.25, -0.2) is 9.87 Å². The number of piperidine rings is 1.